The van der Waals surface area contributed by atoms with Crippen LogP contribution in [-0.2, 0) is 4.79 Å². The fourth-order valence-electron chi connectivity index (χ4n) is 3.56. The summed E-state index contributed by atoms with van der Waals surface area (Å²) in [4.78, 5) is 25.8. The van der Waals surface area contributed by atoms with Crippen LogP contribution in [0.4, 0.5) is 5.69 Å². The van der Waals surface area contributed by atoms with Gasteiger partial charge in [-0.1, -0.05) is 12.1 Å². The number of methoxy groups -OCH3 is 1. The van der Waals surface area contributed by atoms with Crippen LogP contribution in [0.15, 0.2) is 42.5 Å². The summed E-state index contributed by atoms with van der Waals surface area (Å²) in [7, 11) is 1.59. The number of ether oxygens (including phenoxy) is 2. The van der Waals surface area contributed by atoms with Gasteiger partial charge in [-0.05, 0) is 48.7 Å². The normalized spacial score (nSPS) is 15.7. The first-order valence-corrected chi connectivity index (χ1v) is 9.91. The summed E-state index contributed by atoms with van der Waals surface area (Å²) in [6, 6.07) is 14.6. The maximum Gasteiger partial charge on any atom is 0.248 e. The molecule has 1 unspecified atom stereocenters. The van der Waals surface area contributed by atoms with E-state index in [1.807, 2.05) is 18.2 Å². The maximum absolute atomic E-state index is 12.6. The molecule has 1 aliphatic heterocycles. The van der Waals surface area contributed by atoms with Crippen molar-refractivity contribution in [2.75, 3.05) is 25.2 Å². The summed E-state index contributed by atoms with van der Waals surface area (Å²) in [5.41, 5.74) is 7.39. The van der Waals surface area contributed by atoms with E-state index in [0.29, 0.717) is 48.7 Å². The van der Waals surface area contributed by atoms with Gasteiger partial charge in [0, 0.05) is 36.6 Å². The van der Waals surface area contributed by atoms with Gasteiger partial charge in [-0.25, -0.2) is 0 Å². The van der Waals surface area contributed by atoms with Gasteiger partial charge in [0.05, 0.1) is 19.8 Å². The molecule has 0 aromatic heterocycles. The number of nitrogens with two attached hydrogens (primary N) is 1. The molecule has 2 N–H and O–H groups in total. The second-order valence-corrected chi connectivity index (χ2v) is 7.19. The minimum Gasteiger partial charge on any atom is -0.493 e. The zero-order valence-corrected chi connectivity index (χ0v) is 17.0. The number of hydrogen-bond donors (Lipinski definition) is 1. The smallest absolute Gasteiger partial charge is 0.248 e. The van der Waals surface area contributed by atoms with E-state index in [0.717, 1.165) is 18.4 Å². The molecule has 2 amide bonds. The fraction of sp³-hybridized carbons (Fsp3) is 0.348. The molecule has 0 bridgehead atoms. The predicted molar refractivity (Wildman–Crippen MR) is 113 cm³/mol. The van der Waals surface area contributed by atoms with E-state index in [1.165, 1.54) is 0 Å². The molecule has 2 aromatic carbocycles. The molecule has 0 radical (unpaired) electrons. The molecule has 0 spiro atoms. The highest BCUT2D eigenvalue weighted by Gasteiger charge is 2.32. The van der Waals surface area contributed by atoms with Crippen LogP contribution in [0.5, 0.6) is 11.5 Å². The Hall–Kier alpha value is -3.53. The van der Waals surface area contributed by atoms with Crippen LogP contribution in [0.1, 0.15) is 47.5 Å². The summed E-state index contributed by atoms with van der Waals surface area (Å²) >= 11 is 0. The Kier molecular flexibility index (Phi) is 6.91. The van der Waals surface area contributed by atoms with Gasteiger partial charge in [-0.2, -0.15) is 5.26 Å². The van der Waals surface area contributed by atoms with Crippen LogP contribution in [0.3, 0.4) is 0 Å². The summed E-state index contributed by atoms with van der Waals surface area (Å²) in [5, 5.41) is 8.62. The minimum absolute atomic E-state index is 0.00146. The Morgan fingerprint density at radius 1 is 1.23 bits per heavy atom. The molecule has 2 aromatic rings. The lowest BCUT2D eigenvalue weighted by Crippen LogP contribution is -2.24. The number of rotatable bonds is 9. The third kappa shape index (κ3) is 4.90. The van der Waals surface area contributed by atoms with E-state index in [-0.39, 0.29) is 11.8 Å². The summed E-state index contributed by atoms with van der Waals surface area (Å²) < 4.78 is 11.3. The molecule has 1 heterocycles. The van der Waals surface area contributed by atoms with E-state index in [2.05, 4.69) is 6.07 Å². The van der Waals surface area contributed by atoms with Crippen molar-refractivity contribution in [1.82, 2.24) is 0 Å². The van der Waals surface area contributed by atoms with Gasteiger partial charge in [0.2, 0.25) is 11.8 Å². The first kappa shape index (κ1) is 21.2. The monoisotopic (exact) mass is 407 g/mol. The number of hydrogen-bond acceptors (Lipinski definition) is 5. The molecule has 0 aliphatic carbocycles. The highest BCUT2D eigenvalue weighted by Crippen LogP contribution is 2.36. The predicted octanol–water partition coefficient (Wildman–Crippen LogP) is 3.39. The molecule has 1 fully saturated rings. The van der Waals surface area contributed by atoms with Crippen LogP contribution in [0.2, 0.25) is 0 Å². The Bertz CT molecular complexity index is 967. The van der Waals surface area contributed by atoms with E-state index < -0.39 is 5.91 Å². The molecular weight excluding hydrogens is 382 g/mol. The average molecular weight is 407 g/mol. The van der Waals surface area contributed by atoms with E-state index in [4.69, 9.17) is 20.5 Å². The minimum atomic E-state index is -0.522. The number of carbonyl (C=O) groups excluding carboxylic acids is 2. The number of benzene rings is 2. The van der Waals surface area contributed by atoms with Gasteiger partial charge in [0.25, 0.3) is 0 Å². The highest BCUT2D eigenvalue weighted by molar-refractivity contribution is 5.99. The summed E-state index contributed by atoms with van der Waals surface area (Å²) in [6.07, 6.45) is 2.45. The van der Waals surface area contributed by atoms with E-state index in [1.54, 1.807) is 36.3 Å². The number of nitriles is 1. The van der Waals surface area contributed by atoms with Crippen molar-refractivity contribution >= 4 is 17.5 Å². The second-order valence-electron chi connectivity index (χ2n) is 7.19. The molecular formula is C23H25N3O4. The number of unbranched alkanes of at least 4 members (excludes halogenated alkanes) is 2. The zero-order valence-electron chi connectivity index (χ0n) is 17.0. The van der Waals surface area contributed by atoms with Crippen LogP contribution >= 0.6 is 0 Å². The van der Waals surface area contributed by atoms with Crippen LogP contribution in [0.25, 0.3) is 0 Å². The van der Waals surface area contributed by atoms with Crippen LogP contribution in [0, 0.1) is 11.3 Å². The fourth-order valence-corrected chi connectivity index (χ4v) is 3.56. The van der Waals surface area contributed by atoms with Gasteiger partial charge < -0.3 is 20.1 Å². The third-order valence-electron chi connectivity index (χ3n) is 5.17. The molecule has 7 heteroatoms. The van der Waals surface area contributed by atoms with Crippen molar-refractivity contribution in [3.63, 3.8) is 0 Å². The van der Waals surface area contributed by atoms with Gasteiger partial charge in [-0.15, -0.1) is 0 Å². The number of primary amides is 1. The van der Waals surface area contributed by atoms with E-state index in [9.17, 15) is 9.59 Å². The van der Waals surface area contributed by atoms with Crippen molar-refractivity contribution in [1.29, 1.82) is 5.26 Å². The maximum atomic E-state index is 12.6. The first-order valence-electron chi connectivity index (χ1n) is 9.91. The lowest BCUT2D eigenvalue weighted by Gasteiger charge is -2.18. The number of nitrogens with zero attached hydrogens (tertiary/aromatic N) is 2. The second kappa shape index (κ2) is 9.79. The quantitative estimate of drug-likeness (QED) is 0.642. The Morgan fingerprint density at radius 3 is 2.80 bits per heavy atom. The van der Waals surface area contributed by atoms with Crippen LogP contribution < -0.4 is 20.1 Å². The van der Waals surface area contributed by atoms with Crippen molar-refractivity contribution in [2.45, 2.75) is 31.6 Å². The summed E-state index contributed by atoms with van der Waals surface area (Å²) in [5.74, 6) is 0.743. The molecule has 1 aliphatic rings. The SMILES string of the molecule is COc1ccc(C2CC(=O)N(c3cccc(C(N)=O)c3)C2)cc1OCCCCC#N. The zero-order chi connectivity index (χ0) is 21.5. The highest BCUT2D eigenvalue weighted by atomic mass is 16.5. The Morgan fingerprint density at radius 2 is 2.07 bits per heavy atom. The van der Waals surface area contributed by atoms with Crippen molar-refractivity contribution in [3.8, 4) is 17.6 Å². The number of amides is 2. The summed E-state index contributed by atoms with van der Waals surface area (Å²) in [6.45, 7) is 1.01. The lowest BCUT2D eigenvalue weighted by atomic mass is 9.98. The van der Waals surface area contributed by atoms with Gasteiger partial charge in [0.1, 0.15) is 0 Å². The first-order chi connectivity index (χ1) is 14.5. The van der Waals surface area contributed by atoms with Gasteiger partial charge in [0.15, 0.2) is 11.5 Å². The number of anilines is 1. The Labute approximate surface area is 176 Å². The van der Waals surface area contributed by atoms with E-state index >= 15 is 0 Å². The number of carbonyl (C=O) groups is 2. The van der Waals surface area contributed by atoms with Crippen molar-refractivity contribution < 1.29 is 19.1 Å². The van der Waals surface area contributed by atoms with Gasteiger partial charge >= 0.3 is 0 Å². The molecule has 7 nitrogen and oxygen atoms in total. The molecule has 30 heavy (non-hydrogen) atoms. The topological polar surface area (TPSA) is 106 Å². The van der Waals surface area contributed by atoms with Gasteiger partial charge in [-0.3, -0.25) is 9.59 Å². The molecule has 1 saturated heterocycles. The third-order valence-corrected chi connectivity index (χ3v) is 5.17. The largest absolute Gasteiger partial charge is 0.493 e. The standard InChI is InChI=1S/C23H25N3O4/c1-29-20-9-8-16(13-21(20)30-11-4-2-3-10-24)18-14-22(27)26(15-18)19-7-5-6-17(12-19)23(25)28/h5-9,12-13,18H,2-4,11,14-15H2,1H3,(H2,25,28). The molecule has 0 saturated carbocycles. The van der Waals surface area contributed by atoms with Crippen molar-refractivity contribution in [2.24, 2.45) is 5.73 Å². The van der Waals surface area contributed by atoms with Crippen LogP contribution in [-0.4, -0.2) is 32.1 Å². The Balaban J connectivity index is 1.74. The lowest BCUT2D eigenvalue weighted by molar-refractivity contribution is -0.117. The van der Waals surface area contributed by atoms with Crippen molar-refractivity contribution in [3.05, 3.63) is 53.6 Å². The molecule has 156 valence electrons. The molecule has 1 atom stereocenters. The molecule has 3 rings (SSSR count). The average Bonchev–Trinajstić information content (AvgIpc) is 3.15.